The van der Waals surface area contributed by atoms with Gasteiger partial charge in [0, 0.05) is 23.4 Å². The standard InChI is InChI=1S/C30H35F5N4S.CH4/c1-20-3-2-4-25(17-20)39(19-21-5-7-22(8-6-21)27-18-28(29(31)32)37-36-27)40-26-13-15-38(16-14-26)24-11-9-23(10-12-24)30(33,34)35;/h2-8,17,23-24,26,29H,9-16,18-19H2,1H3;1H4. The minimum Gasteiger partial charge on any atom is -0.312 e. The van der Waals surface area contributed by atoms with Gasteiger partial charge in [-0.05, 0) is 99.3 Å². The highest BCUT2D eigenvalue weighted by Crippen LogP contribution is 2.40. The molecule has 0 amide bonds. The number of hydrogen-bond donors (Lipinski definition) is 0. The molecule has 0 bridgehead atoms. The highest BCUT2D eigenvalue weighted by atomic mass is 32.2. The van der Waals surface area contributed by atoms with E-state index in [9.17, 15) is 22.0 Å². The van der Waals surface area contributed by atoms with Crippen LogP contribution in [-0.4, -0.2) is 53.3 Å². The molecule has 5 rings (SSSR count). The van der Waals surface area contributed by atoms with E-state index in [4.69, 9.17) is 0 Å². The van der Waals surface area contributed by atoms with E-state index in [1.54, 1.807) is 0 Å². The van der Waals surface area contributed by atoms with Gasteiger partial charge < -0.3 is 9.21 Å². The molecule has 4 nitrogen and oxygen atoms in total. The number of alkyl halides is 5. The molecule has 3 aliphatic rings. The van der Waals surface area contributed by atoms with E-state index in [2.05, 4.69) is 50.6 Å². The first kappa shape index (κ1) is 31.5. The van der Waals surface area contributed by atoms with Crippen molar-refractivity contribution in [3.8, 4) is 0 Å². The van der Waals surface area contributed by atoms with Crippen LogP contribution in [0.3, 0.4) is 0 Å². The number of halogens is 5. The van der Waals surface area contributed by atoms with Crippen molar-refractivity contribution in [2.45, 2.75) is 89.7 Å². The Labute approximate surface area is 244 Å². The average molecular weight is 595 g/mol. The SMILES string of the molecule is C.Cc1cccc(N(Cc2ccc(C3=NN=C(C(F)F)C3)cc2)SC2CCN(C3CCC(C(F)(F)F)CC3)CC2)c1. The number of aryl methyl sites for hydroxylation is 1. The zero-order valence-electron chi connectivity index (χ0n) is 22.6. The van der Waals surface area contributed by atoms with Crippen LogP contribution in [0, 0.1) is 12.8 Å². The van der Waals surface area contributed by atoms with Gasteiger partial charge >= 0.3 is 6.18 Å². The van der Waals surface area contributed by atoms with Crippen molar-refractivity contribution in [3.05, 3.63) is 65.2 Å². The van der Waals surface area contributed by atoms with Gasteiger partial charge in [0.15, 0.2) is 0 Å². The number of rotatable bonds is 8. The predicted molar refractivity (Wildman–Crippen MR) is 159 cm³/mol. The maximum atomic E-state index is 13.1. The van der Waals surface area contributed by atoms with Gasteiger partial charge in [-0.1, -0.05) is 43.8 Å². The largest absolute Gasteiger partial charge is 0.391 e. The second-order valence-electron chi connectivity index (χ2n) is 11.1. The van der Waals surface area contributed by atoms with Crippen LogP contribution in [0.15, 0.2) is 58.7 Å². The second kappa shape index (κ2) is 13.7. The molecule has 2 fully saturated rings. The van der Waals surface area contributed by atoms with Crippen LogP contribution >= 0.6 is 11.9 Å². The van der Waals surface area contributed by atoms with Crippen molar-refractivity contribution in [3.63, 3.8) is 0 Å². The molecule has 0 spiro atoms. The molecule has 0 N–H and O–H groups in total. The number of nitrogens with zero attached hydrogens (tertiary/aromatic N) is 4. The molecular weight excluding hydrogens is 555 g/mol. The molecule has 1 aliphatic carbocycles. The summed E-state index contributed by atoms with van der Waals surface area (Å²) in [7, 11) is 0. The van der Waals surface area contributed by atoms with Gasteiger partial charge in [0.05, 0.1) is 18.2 Å². The fourth-order valence-corrected chi connectivity index (χ4v) is 7.12. The molecule has 2 aromatic carbocycles. The second-order valence-corrected chi connectivity index (χ2v) is 12.4. The van der Waals surface area contributed by atoms with E-state index in [0.717, 1.165) is 42.7 Å². The number of piperidine rings is 1. The van der Waals surface area contributed by atoms with Gasteiger partial charge in [0.25, 0.3) is 6.43 Å². The summed E-state index contributed by atoms with van der Waals surface area (Å²) in [5, 5.41) is 7.98. The maximum Gasteiger partial charge on any atom is 0.391 e. The minimum atomic E-state index is -4.06. The first-order chi connectivity index (χ1) is 19.2. The van der Waals surface area contributed by atoms with Crippen LogP contribution in [0.4, 0.5) is 27.6 Å². The first-order valence-electron chi connectivity index (χ1n) is 14.0. The Balaban J connectivity index is 0.00000387. The molecule has 1 saturated heterocycles. The molecule has 0 radical (unpaired) electrons. The van der Waals surface area contributed by atoms with Gasteiger partial charge in [-0.15, -0.1) is 0 Å². The Kier molecular flexibility index (Phi) is 10.5. The monoisotopic (exact) mass is 594 g/mol. The average Bonchev–Trinajstić information content (AvgIpc) is 3.44. The van der Waals surface area contributed by atoms with Crippen LogP contribution in [0.5, 0.6) is 0 Å². The summed E-state index contributed by atoms with van der Waals surface area (Å²) < 4.78 is 67.4. The lowest BCUT2D eigenvalue weighted by molar-refractivity contribution is -0.184. The Morgan fingerprint density at radius 2 is 1.63 bits per heavy atom. The topological polar surface area (TPSA) is 31.2 Å². The van der Waals surface area contributed by atoms with Crippen molar-refractivity contribution >= 4 is 29.1 Å². The van der Waals surface area contributed by atoms with Crippen molar-refractivity contribution in [2.24, 2.45) is 16.1 Å². The van der Waals surface area contributed by atoms with Crippen LogP contribution in [0.25, 0.3) is 0 Å². The van der Waals surface area contributed by atoms with E-state index in [-0.39, 0.29) is 38.4 Å². The normalized spacial score (nSPS) is 22.3. The minimum absolute atomic E-state index is 0. The summed E-state index contributed by atoms with van der Waals surface area (Å²) in [4.78, 5) is 2.41. The Bertz CT molecular complexity index is 1200. The van der Waals surface area contributed by atoms with Crippen LogP contribution < -0.4 is 4.31 Å². The van der Waals surface area contributed by atoms with E-state index in [0.29, 0.717) is 30.3 Å². The van der Waals surface area contributed by atoms with Gasteiger partial charge in [-0.2, -0.15) is 23.4 Å². The zero-order chi connectivity index (χ0) is 28.3. The lowest BCUT2D eigenvalue weighted by Gasteiger charge is -2.41. The Morgan fingerprint density at radius 1 is 0.951 bits per heavy atom. The number of hydrogen-bond acceptors (Lipinski definition) is 5. The number of likely N-dealkylation sites (tertiary alicyclic amines) is 1. The number of benzene rings is 2. The van der Waals surface area contributed by atoms with E-state index < -0.39 is 18.5 Å². The van der Waals surface area contributed by atoms with Gasteiger partial charge in [-0.3, -0.25) is 0 Å². The van der Waals surface area contributed by atoms with Crippen LogP contribution in [-0.2, 0) is 6.54 Å². The molecule has 2 aromatic rings. The molecule has 0 aromatic heterocycles. The molecular formula is C31H39F5N4S. The quantitative estimate of drug-likeness (QED) is 0.226. The van der Waals surface area contributed by atoms with Crippen LogP contribution in [0.2, 0.25) is 0 Å². The molecule has 41 heavy (non-hydrogen) atoms. The molecule has 10 heteroatoms. The Hall–Kier alpha value is -2.46. The van der Waals surface area contributed by atoms with Gasteiger partial charge in [0.2, 0.25) is 0 Å². The summed E-state index contributed by atoms with van der Waals surface area (Å²) in [5.41, 5.74) is 4.57. The smallest absolute Gasteiger partial charge is 0.312 e. The lowest BCUT2D eigenvalue weighted by atomic mass is 9.84. The summed E-state index contributed by atoms with van der Waals surface area (Å²) in [6, 6.07) is 16.5. The third-order valence-corrected chi connectivity index (χ3v) is 9.60. The van der Waals surface area contributed by atoms with E-state index in [1.165, 1.54) is 5.56 Å². The summed E-state index contributed by atoms with van der Waals surface area (Å²) in [6.07, 6.45) is -2.82. The van der Waals surface area contributed by atoms with E-state index in [1.807, 2.05) is 36.2 Å². The summed E-state index contributed by atoms with van der Waals surface area (Å²) >= 11 is 1.84. The third kappa shape index (κ3) is 8.09. The molecule has 224 valence electrons. The van der Waals surface area contributed by atoms with Gasteiger partial charge in [-0.25, -0.2) is 8.78 Å². The maximum absolute atomic E-state index is 13.1. The van der Waals surface area contributed by atoms with Crippen molar-refractivity contribution in [1.29, 1.82) is 0 Å². The molecule has 0 atom stereocenters. The zero-order valence-corrected chi connectivity index (χ0v) is 23.4. The third-order valence-electron chi connectivity index (χ3n) is 8.23. The number of anilines is 1. The molecule has 1 saturated carbocycles. The summed E-state index contributed by atoms with van der Waals surface area (Å²) in [5.74, 6) is -1.14. The van der Waals surface area contributed by atoms with Crippen LogP contribution in [0.1, 0.15) is 69.1 Å². The molecule has 2 aliphatic heterocycles. The first-order valence-corrected chi connectivity index (χ1v) is 14.8. The highest BCUT2D eigenvalue weighted by Gasteiger charge is 2.42. The molecule has 2 heterocycles. The van der Waals surface area contributed by atoms with Crippen molar-refractivity contribution in [1.82, 2.24) is 4.90 Å². The highest BCUT2D eigenvalue weighted by molar-refractivity contribution is 8.01. The fourth-order valence-electron chi connectivity index (χ4n) is 5.88. The Morgan fingerprint density at radius 3 is 2.22 bits per heavy atom. The van der Waals surface area contributed by atoms with Crippen molar-refractivity contribution < 1.29 is 22.0 Å². The molecule has 0 unspecified atom stereocenters. The summed E-state index contributed by atoms with van der Waals surface area (Å²) in [6.45, 7) is 4.59. The van der Waals surface area contributed by atoms with Gasteiger partial charge in [0.1, 0.15) is 5.71 Å². The van der Waals surface area contributed by atoms with E-state index >= 15 is 0 Å². The fraction of sp³-hybridized carbons (Fsp3) is 0.548. The lowest BCUT2D eigenvalue weighted by Crippen LogP contribution is -2.45. The predicted octanol–water partition coefficient (Wildman–Crippen LogP) is 8.69. The van der Waals surface area contributed by atoms with Crippen molar-refractivity contribution in [2.75, 3.05) is 17.4 Å².